The summed E-state index contributed by atoms with van der Waals surface area (Å²) in [4.78, 5) is 11.3. The molecule has 0 amide bonds. The number of sulfonamides is 1. The van der Waals surface area contributed by atoms with Crippen LogP contribution in [-0.4, -0.2) is 20.7 Å². The molecule has 0 radical (unpaired) electrons. The minimum absolute atomic E-state index is 0.177. The highest BCUT2D eigenvalue weighted by Crippen LogP contribution is 2.24. The summed E-state index contributed by atoms with van der Waals surface area (Å²) in [6, 6.07) is 5.71. The lowest BCUT2D eigenvalue weighted by Crippen LogP contribution is -2.40. The van der Waals surface area contributed by atoms with Gasteiger partial charge >= 0.3 is 0 Å². The number of halogens is 1. The monoisotopic (exact) mass is 315 g/mol. The van der Waals surface area contributed by atoms with Gasteiger partial charge in [-0.15, -0.1) is 0 Å². The van der Waals surface area contributed by atoms with Gasteiger partial charge in [-0.05, 0) is 37.1 Å². The lowest BCUT2D eigenvalue weighted by atomic mass is 9.97. The van der Waals surface area contributed by atoms with Gasteiger partial charge in [-0.1, -0.05) is 30.9 Å². The molecule has 4 nitrogen and oxygen atoms in total. The molecular formula is C14H18ClNO3S. The van der Waals surface area contributed by atoms with Crippen LogP contribution >= 0.6 is 11.6 Å². The van der Waals surface area contributed by atoms with Crippen LogP contribution in [0, 0.1) is 5.92 Å². The van der Waals surface area contributed by atoms with Gasteiger partial charge in [0.1, 0.15) is 6.29 Å². The average Bonchev–Trinajstić information content (AvgIpc) is 2.63. The Morgan fingerprint density at radius 2 is 1.75 bits per heavy atom. The Labute approximate surface area is 124 Å². The lowest BCUT2D eigenvalue weighted by molar-refractivity contribution is -0.111. The van der Waals surface area contributed by atoms with Gasteiger partial charge in [0, 0.05) is 17.0 Å². The number of aldehydes is 1. The number of rotatable bonds is 4. The maximum Gasteiger partial charge on any atom is 0.240 e. The molecule has 1 fully saturated rings. The van der Waals surface area contributed by atoms with Gasteiger partial charge in [-0.3, -0.25) is 0 Å². The van der Waals surface area contributed by atoms with Crippen molar-refractivity contribution < 1.29 is 13.2 Å². The Kier molecular flexibility index (Phi) is 5.18. The molecule has 0 aromatic heterocycles. The molecule has 1 saturated carbocycles. The zero-order valence-corrected chi connectivity index (χ0v) is 12.7. The Hall–Kier alpha value is -0.910. The van der Waals surface area contributed by atoms with Crippen LogP contribution in [0.5, 0.6) is 0 Å². The number of hydrogen-bond donors (Lipinski definition) is 1. The van der Waals surface area contributed by atoms with Gasteiger partial charge in [-0.2, -0.15) is 0 Å². The highest BCUT2D eigenvalue weighted by Gasteiger charge is 2.28. The van der Waals surface area contributed by atoms with E-state index < -0.39 is 10.0 Å². The molecule has 0 unspecified atom stereocenters. The quantitative estimate of drug-likeness (QED) is 0.686. The maximum absolute atomic E-state index is 12.3. The number of nitrogens with one attached hydrogen (secondary N) is 1. The number of carbonyl (C=O) groups is 1. The summed E-state index contributed by atoms with van der Waals surface area (Å²) in [6.07, 6.45) is 5.29. The first-order valence-electron chi connectivity index (χ1n) is 6.76. The smallest absolute Gasteiger partial charge is 0.240 e. The van der Waals surface area contributed by atoms with Crippen LogP contribution in [0.3, 0.4) is 0 Å². The molecule has 0 saturated heterocycles. The Balaban J connectivity index is 2.17. The second kappa shape index (κ2) is 6.70. The topological polar surface area (TPSA) is 63.2 Å². The zero-order valence-electron chi connectivity index (χ0n) is 11.1. The van der Waals surface area contributed by atoms with Gasteiger partial charge in [0.05, 0.1) is 4.90 Å². The van der Waals surface area contributed by atoms with Crippen LogP contribution in [0.15, 0.2) is 29.2 Å². The molecule has 1 N–H and O–H groups in total. The van der Waals surface area contributed by atoms with Crippen molar-refractivity contribution in [2.75, 3.05) is 0 Å². The van der Waals surface area contributed by atoms with E-state index in [0.29, 0.717) is 11.4 Å². The van der Waals surface area contributed by atoms with Crippen LogP contribution in [-0.2, 0) is 14.8 Å². The number of carbonyl (C=O) groups excluding carboxylic acids is 1. The second-order valence-electron chi connectivity index (χ2n) is 5.12. The predicted octanol–water partition coefficient (Wildman–Crippen LogP) is 2.77. The van der Waals surface area contributed by atoms with E-state index in [2.05, 4.69) is 4.72 Å². The first-order valence-corrected chi connectivity index (χ1v) is 8.62. The molecule has 110 valence electrons. The van der Waals surface area contributed by atoms with Gasteiger partial charge in [0.2, 0.25) is 10.0 Å². The van der Waals surface area contributed by atoms with Crippen molar-refractivity contribution in [1.82, 2.24) is 4.72 Å². The second-order valence-corrected chi connectivity index (χ2v) is 7.27. The number of hydrogen-bond acceptors (Lipinski definition) is 3. The molecule has 2 rings (SSSR count). The van der Waals surface area contributed by atoms with E-state index >= 15 is 0 Å². The standard InChI is InChI=1S/C14H18ClNO3S/c15-12-6-8-13(9-7-12)20(18,19)16-14-5-3-1-2-4-11(14)10-17/h6-11,14,16H,1-5H2/t11-,14-/m1/s1. The zero-order chi connectivity index (χ0) is 14.6. The molecule has 1 aliphatic rings. The molecule has 0 heterocycles. The summed E-state index contributed by atoms with van der Waals surface area (Å²) < 4.78 is 27.3. The molecule has 2 atom stereocenters. The van der Waals surface area contributed by atoms with Crippen LogP contribution in [0.4, 0.5) is 0 Å². The van der Waals surface area contributed by atoms with Gasteiger partial charge in [0.15, 0.2) is 0 Å². The normalized spacial score (nSPS) is 24.1. The summed E-state index contributed by atoms with van der Waals surface area (Å²) in [6.45, 7) is 0. The molecular weight excluding hydrogens is 298 g/mol. The summed E-state index contributed by atoms with van der Waals surface area (Å²) in [5, 5.41) is 0.490. The van der Waals surface area contributed by atoms with E-state index in [0.717, 1.165) is 32.0 Å². The maximum atomic E-state index is 12.3. The lowest BCUT2D eigenvalue weighted by Gasteiger charge is -2.21. The van der Waals surface area contributed by atoms with Crippen molar-refractivity contribution in [2.45, 2.75) is 43.0 Å². The molecule has 1 aromatic rings. The van der Waals surface area contributed by atoms with Crippen molar-refractivity contribution in [1.29, 1.82) is 0 Å². The summed E-state index contributed by atoms with van der Waals surface area (Å²) in [5.41, 5.74) is 0. The van der Waals surface area contributed by atoms with Crippen LogP contribution in [0.1, 0.15) is 32.1 Å². The van der Waals surface area contributed by atoms with Crippen LogP contribution in [0.2, 0.25) is 5.02 Å². The van der Waals surface area contributed by atoms with E-state index in [-0.39, 0.29) is 16.9 Å². The first kappa shape index (κ1) is 15.5. The van der Waals surface area contributed by atoms with Crippen molar-refractivity contribution in [3.8, 4) is 0 Å². The van der Waals surface area contributed by atoms with Crippen molar-refractivity contribution in [3.05, 3.63) is 29.3 Å². The summed E-state index contributed by atoms with van der Waals surface area (Å²) >= 11 is 5.76. The average molecular weight is 316 g/mol. The fourth-order valence-corrected chi connectivity index (χ4v) is 3.97. The molecule has 0 bridgehead atoms. The first-order chi connectivity index (χ1) is 9.53. The Bertz CT molecular complexity index is 556. The summed E-state index contributed by atoms with van der Waals surface area (Å²) in [5.74, 6) is -0.237. The van der Waals surface area contributed by atoms with Gasteiger partial charge in [-0.25, -0.2) is 13.1 Å². The third kappa shape index (κ3) is 3.81. The minimum Gasteiger partial charge on any atom is -0.303 e. The third-order valence-electron chi connectivity index (χ3n) is 3.67. The van der Waals surface area contributed by atoms with Gasteiger partial charge in [0.25, 0.3) is 0 Å². The van der Waals surface area contributed by atoms with Crippen LogP contribution < -0.4 is 4.72 Å². The highest BCUT2D eigenvalue weighted by atomic mass is 35.5. The molecule has 1 aliphatic carbocycles. The van der Waals surface area contributed by atoms with E-state index in [4.69, 9.17) is 11.6 Å². The highest BCUT2D eigenvalue weighted by molar-refractivity contribution is 7.89. The molecule has 0 aliphatic heterocycles. The van der Waals surface area contributed by atoms with E-state index in [1.54, 1.807) is 12.1 Å². The molecule has 1 aromatic carbocycles. The molecule has 20 heavy (non-hydrogen) atoms. The summed E-state index contributed by atoms with van der Waals surface area (Å²) in [7, 11) is -3.60. The van der Waals surface area contributed by atoms with Crippen molar-refractivity contribution in [2.24, 2.45) is 5.92 Å². The number of benzene rings is 1. The minimum atomic E-state index is -3.60. The fourth-order valence-electron chi connectivity index (χ4n) is 2.53. The van der Waals surface area contributed by atoms with Crippen molar-refractivity contribution >= 4 is 27.9 Å². The Morgan fingerprint density at radius 1 is 1.10 bits per heavy atom. The molecule has 6 heteroatoms. The van der Waals surface area contributed by atoms with E-state index in [1.165, 1.54) is 12.1 Å². The molecule has 0 spiro atoms. The van der Waals surface area contributed by atoms with E-state index in [9.17, 15) is 13.2 Å². The predicted molar refractivity (Wildman–Crippen MR) is 78.2 cm³/mol. The largest absolute Gasteiger partial charge is 0.303 e. The van der Waals surface area contributed by atoms with E-state index in [1.807, 2.05) is 0 Å². The Morgan fingerprint density at radius 3 is 2.40 bits per heavy atom. The van der Waals surface area contributed by atoms with Crippen LogP contribution in [0.25, 0.3) is 0 Å². The SMILES string of the molecule is O=C[C@H]1CCCCC[C@H]1NS(=O)(=O)c1ccc(Cl)cc1. The fraction of sp³-hybridized carbons (Fsp3) is 0.500. The van der Waals surface area contributed by atoms with Gasteiger partial charge < -0.3 is 4.79 Å². The third-order valence-corrected chi connectivity index (χ3v) is 5.43. The van der Waals surface area contributed by atoms with Crippen molar-refractivity contribution in [3.63, 3.8) is 0 Å².